The van der Waals surface area contributed by atoms with E-state index >= 15 is 0 Å². The Morgan fingerprint density at radius 2 is 2.00 bits per heavy atom. The monoisotopic (exact) mass is 276 g/mol. The highest BCUT2D eigenvalue weighted by Gasteiger charge is 2.30. The lowest BCUT2D eigenvalue weighted by Gasteiger charge is -2.37. The van der Waals surface area contributed by atoms with Crippen LogP contribution in [0.5, 0.6) is 0 Å². The molecule has 1 aliphatic rings. The summed E-state index contributed by atoms with van der Waals surface area (Å²) in [7, 11) is 1.65. The highest BCUT2D eigenvalue weighted by molar-refractivity contribution is 6.62. The molecule has 0 spiro atoms. The topological polar surface area (TPSA) is 49.9 Å². The summed E-state index contributed by atoms with van der Waals surface area (Å²) in [5, 5.41) is -0.494. The van der Waals surface area contributed by atoms with Crippen LogP contribution in [0.15, 0.2) is 0 Å². The number of piperidine rings is 1. The van der Waals surface area contributed by atoms with Crippen molar-refractivity contribution in [2.45, 2.75) is 45.3 Å². The normalized spacial score (nSPS) is 20.5. The van der Waals surface area contributed by atoms with E-state index in [1.165, 1.54) is 4.90 Å². The van der Waals surface area contributed by atoms with Gasteiger partial charge in [-0.15, -0.1) is 0 Å². The maximum atomic E-state index is 11.9. The molecule has 18 heavy (non-hydrogen) atoms. The Balaban J connectivity index is 2.58. The quantitative estimate of drug-likeness (QED) is 0.546. The van der Waals surface area contributed by atoms with Gasteiger partial charge in [-0.05, 0) is 45.2 Å². The van der Waals surface area contributed by atoms with Crippen LogP contribution in [0.1, 0.15) is 33.6 Å². The van der Waals surface area contributed by atoms with Gasteiger partial charge in [-0.1, -0.05) is 0 Å². The molecule has 1 heterocycles. The fourth-order valence-corrected chi connectivity index (χ4v) is 2.04. The van der Waals surface area contributed by atoms with Gasteiger partial charge in [-0.3, -0.25) is 4.79 Å². The van der Waals surface area contributed by atoms with Crippen molar-refractivity contribution in [1.82, 2.24) is 9.80 Å². The molecule has 0 bridgehead atoms. The summed E-state index contributed by atoms with van der Waals surface area (Å²) < 4.78 is 5.32. The second-order valence-electron chi connectivity index (χ2n) is 5.59. The minimum absolute atomic E-state index is 0.0312. The Morgan fingerprint density at radius 1 is 1.39 bits per heavy atom. The van der Waals surface area contributed by atoms with Crippen LogP contribution in [-0.4, -0.2) is 53.0 Å². The predicted molar refractivity (Wildman–Crippen MR) is 69.8 cm³/mol. The third-order valence-corrected chi connectivity index (χ3v) is 3.14. The van der Waals surface area contributed by atoms with Gasteiger partial charge in [0, 0.05) is 20.1 Å². The van der Waals surface area contributed by atoms with Crippen LogP contribution >= 0.6 is 11.6 Å². The molecule has 1 unspecified atom stereocenters. The van der Waals surface area contributed by atoms with Gasteiger partial charge < -0.3 is 14.5 Å². The van der Waals surface area contributed by atoms with Crippen molar-refractivity contribution in [2.75, 3.05) is 20.1 Å². The predicted octanol–water partition coefficient (Wildman–Crippen LogP) is 2.68. The second kappa shape index (κ2) is 5.78. The smallest absolute Gasteiger partial charge is 0.410 e. The van der Waals surface area contributed by atoms with Gasteiger partial charge in [0.15, 0.2) is 0 Å². The first-order valence-electron chi connectivity index (χ1n) is 6.11. The summed E-state index contributed by atoms with van der Waals surface area (Å²) in [6.07, 6.45) is 1.37. The Labute approximate surface area is 113 Å². The van der Waals surface area contributed by atoms with E-state index in [2.05, 4.69) is 0 Å². The Kier molecular flexibility index (Phi) is 4.85. The molecule has 1 fully saturated rings. The van der Waals surface area contributed by atoms with Gasteiger partial charge in [0.2, 0.25) is 0 Å². The number of nitrogens with zero attached hydrogens (tertiary/aromatic N) is 2. The Bertz CT molecular complexity index is 328. The van der Waals surface area contributed by atoms with E-state index < -0.39 is 11.0 Å². The molecule has 104 valence electrons. The first-order valence-corrected chi connectivity index (χ1v) is 6.49. The molecule has 5 nitrogen and oxygen atoms in total. The fraction of sp³-hybridized carbons (Fsp3) is 0.833. The molecule has 1 rings (SSSR count). The molecule has 0 aromatic carbocycles. The lowest BCUT2D eigenvalue weighted by Crippen LogP contribution is -2.50. The van der Waals surface area contributed by atoms with Gasteiger partial charge in [0.1, 0.15) is 5.60 Å². The number of likely N-dealkylation sites (N-methyl/N-ethyl adjacent to an activating group) is 1. The first kappa shape index (κ1) is 15.1. The number of likely N-dealkylation sites (tertiary alicyclic amines) is 1. The maximum Gasteiger partial charge on any atom is 0.410 e. The third-order valence-electron chi connectivity index (χ3n) is 2.87. The van der Waals surface area contributed by atoms with Crippen molar-refractivity contribution in [2.24, 2.45) is 0 Å². The third kappa shape index (κ3) is 4.37. The summed E-state index contributed by atoms with van der Waals surface area (Å²) >= 11 is 5.45. The van der Waals surface area contributed by atoms with Crippen molar-refractivity contribution in [3.63, 3.8) is 0 Å². The molecule has 0 aromatic rings. The van der Waals surface area contributed by atoms with E-state index in [1.807, 2.05) is 20.8 Å². The largest absolute Gasteiger partial charge is 0.444 e. The first-order chi connectivity index (χ1) is 8.20. The number of carbonyl (C=O) groups excluding carboxylic acids is 2. The molecule has 1 aliphatic heterocycles. The van der Waals surface area contributed by atoms with Crippen LogP contribution in [0.3, 0.4) is 0 Å². The molecule has 0 aromatic heterocycles. The summed E-state index contributed by atoms with van der Waals surface area (Å²) in [6, 6.07) is -0.0312. The lowest BCUT2D eigenvalue weighted by molar-refractivity contribution is 0.0151. The number of amides is 2. The number of hydrogen-bond donors (Lipinski definition) is 0. The SMILES string of the molecule is CN(C(=O)Cl)C1CCCN(C(=O)OC(C)(C)C)C1. The van der Waals surface area contributed by atoms with E-state index in [0.717, 1.165) is 12.8 Å². The van der Waals surface area contributed by atoms with Crippen molar-refractivity contribution >= 4 is 23.1 Å². The Morgan fingerprint density at radius 3 is 2.50 bits per heavy atom. The molecule has 0 saturated carbocycles. The molecular weight excluding hydrogens is 256 g/mol. The zero-order chi connectivity index (χ0) is 13.9. The van der Waals surface area contributed by atoms with Gasteiger partial charge in [-0.25, -0.2) is 4.79 Å². The number of halogens is 1. The number of ether oxygens (including phenoxy) is 1. The summed E-state index contributed by atoms with van der Waals surface area (Å²) in [6.45, 7) is 6.64. The average molecular weight is 277 g/mol. The van der Waals surface area contributed by atoms with Crippen molar-refractivity contribution in [3.8, 4) is 0 Å². The van der Waals surface area contributed by atoms with Crippen LogP contribution in [0.2, 0.25) is 0 Å². The van der Waals surface area contributed by atoms with Crippen LogP contribution in [0, 0.1) is 0 Å². The molecule has 1 saturated heterocycles. The van der Waals surface area contributed by atoms with Crippen LogP contribution in [0.4, 0.5) is 9.59 Å². The highest BCUT2D eigenvalue weighted by atomic mass is 35.5. The molecule has 0 radical (unpaired) electrons. The minimum atomic E-state index is -0.502. The number of rotatable bonds is 1. The zero-order valence-electron chi connectivity index (χ0n) is 11.4. The van der Waals surface area contributed by atoms with Gasteiger partial charge >= 0.3 is 11.5 Å². The van der Waals surface area contributed by atoms with E-state index in [0.29, 0.717) is 13.1 Å². The average Bonchev–Trinajstić information content (AvgIpc) is 2.25. The van der Waals surface area contributed by atoms with Crippen LogP contribution in [0.25, 0.3) is 0 Å². The fourth-order valence-electron chi connectivity index (χ4n) is 1.91. The summed E-state index contributed by atoms with van der Waals surface area (Å²) in [5.74, 6) is 0. The lowest BCUT2D eigenvalue weighted by atomic mass is 10.1. The van der Waals surface area contributed by atoms with Crippen molar-refractivity contribution in [1.29, 1.82) is 0 Å². The van der Waals surface area contributed by atoms with Crippen LogP contribution < -0.4 is 0 Å². The van der Waals surface area contributed by atoms with Crippen molar-refractivity contribution < 1.29 is 14.3 Å². The summed E-state index contributed by atoms with van der Waals surface area (Å²) in [4.78, 5) is 26.1. The Hall–Kier alpha value is -0.970. The van der Waals surface area contributed by atoms with Crippen molar-refractivity contribution in [3.05, 3.63) is 0 Å². The summed E-state index contributed by atoms with van der Waals surface area (Å²) in [5.41, 5.74) is -0.502. The van der Waals surface area contributed by atoms with E-state index in [9.17, 15) is 9.59 Å². The molecule has 6 heteroatoms. The van der Waals surface area contributed by atoms with Gasteiger partial charge in [0.25, 0.3) is 0 Å². The molecule has 0 N–H and O–H groups in total. The van der Waals surface area contributed by atoms with E-state index in [4.69, 9.17) is 16.3 Å². The molecule has 0 aliphatic carbocycles. The standard InChI is InChI=1S/C12H21ClN2O3/c1-12(2,3)18-11(17)15-7-5-6-9(8-15)14(4)10(13)16/h9H,5-8H2,1-4H3. The molecule has 2 amide bonds. The minimum Gasteiger partial charge on any atom is -0.444 e. The van der Waals surface area contributed by atoms with E-state index in [1.54, 1.807) is 11.9 Å². The maximum absolute atomic E-state index is 11.9. The van der Waals surface area contributed by atoms with Crippen LogP contribution in [-0.2, 0) is 4.74 Å². The van der Waals surface area contributed by atoms with Gasteiger partial charge in [0.05, 0.1) is 6.04 Å². The van der Waals surface area contributed by atoms with E-state index in [-0.39, 0.29) is 12.1 Å². The number of hydrogen-bond acceptors (Lipinski definition) is 3. The number of carbonyl (C=O) groups is 2. The zero-order valence-corrected chi connectivity index (χ0v) is 12.2. The molecular formula is C12H21ClN2O3. The molecule has 1 atom stereocenters. The highest BCUT2D eigenvalue weighted by Crippen LogP contribution is 2.18. The van der Waals surface area contributed by atoms with Gasteiger partial charge in [-0.2, -0.15) is 0 Å². The second-order valence-corrected chi connectivity index (χ2v) is 5.91.